The Bertz CT molecular complexity index is 861. The molecule has 0 aromatic heterocycles. The molecule has 3 rings (SSSR count). The second-order valence-electron chi connectivity index (χ2n) is 7.03. The minimum atomic E-state index is -3.48. The van der Waals surface area contributed by atoms with Crippen LogP contribution in [0, 0.1) is 5.92 Å². The van der Waals surface area contributed by atoms with E-state index in [1.165, 1.54) is 4.31 Å². The number of sulfonamides is 1. The normalized spacial score (nSPS) is 17.4. The van der Waals surface area contributed by atoms with Crippen LogP contribution in [0.5, 0.6) is 0 Å². The third kappa shape index (κ3) is 4.22. The van der Waals surface area contributed by atoms with Gasteiger partial charge in [0.25, 0.3) is 0 Å². The first-order chi connectivity index (χ1) is 12.9. The van der Waals surface area contributed by atoms with Gasteiger partial charge in [-0.3, -0.25) is 4.79 Å². The summed E-state index contributed by atoms with van der Waals surface area (Å²) in [4.78, 5) is 15.0. The Labute approximate surface area is 161 Å². The van der Waals surface area contributed by atoms with Gasteiger partial charge < -0.3 is 4.90 Å². The minimum Gasteiger partial charge on any atom is -0.339 e. The number of hydrogen-bond acceptors (Lipinski definition) is 3. The Morgan fingerprint density at radius 1 is 1.00 bits per heavy atom. The molecule has 1 aliphatic rings. The van der Waals surface area contributed by atoms with Crippen LogP contribution in [-0.4, -0.2) is 43.7 Å². The van der Waals surface area contributed by atoms with E-state index in [0.717, 1.165) is 5.56 Å². The molecule has 2 aromatic carbocycles. The summed E-state index contributed by atoms with van der Waals surface area (Å²) in [5.74, 6) is -0.0495. The van der Waals surface area contributed by atoms with Crippen LogP contribution in [-0.2, 0) is 14.8 Å². The van der Waals surface area contributed by atoms with Crippen molar-refractivity contribution >= 4 is 15.9 Å². The maximum absolute atomic E-state index is 12.9. The molecule has 2 aromatic rings. The maximum Gasteiger partial charge on any atom is 0.243 e. The molecule has 0 spiro atoms. The van der Waals surface area contributed by atoms with Crippen molar-refractivity contribution < 1.29 is 13.2 Å². The van der Waals surface area contributed by atoms with E-state index in [1.54, 1.807) is 35.2 Å². The molecule has 27 heavy (non-hydrogen) atoms. The molecular formula is C21H26N2O3S. The summed E-state index contributed by atoms with van der Waals surface area (Å²) in [5.41, 5.74) is 1.09. The topological polar surface area (TPSA) is 57.7 Å². The molecule has 1 fully saturated rings. The lowest BCUT2D eigenvalue weighted by Crippen LogP contribution is -2.43. The number of nitrogens with zero attached hydrogens (tertiary/aromatic N) is 2. The average Bonchev–Trinajstić information content (AvgIpc) is 2.73. The summed E-state index contributed by atoms with van der Waals surface area (Å²) in [5, 5.41) is 0. The quantitative estimate of drug-likeness (QED) is 0.792. The molecule has 1 saturated heterocycles. The van der Waals surface area contributed by atoms with Gasteiger partial charge in [-0.15, -0.1) is 0 Å². The van der Waals surface area contributed by atoms with Crippen molar-refractivity contribution in [1.29, 1.82) is 0 Å². The first-order valence-corrected chi connectivity index (χ1v) is 10.7. The highest BCUT2D eigenvalue weighted by atomic mass is 32.2. The fourth-order valence-electron chi connectivity index (χ4n) is 3.52. The van der Waals surface area contributed by atoms with E-state index < -0.39 is 10.0 Å². The molecule has 1 heterocycles. The van der Waals surface area contributed by atoms with Crippen molar-refractivity contribution in [3.63, 3.8) is 0 Å². The van der Waals surface area contributed by atoms with Gasteiger partial charge in [-0.2, -0.15) is 4.31 Å². The van der Waals surface area contributed by atoms with Gasteiger partial charge in [-0.25, -0.2) is 8.42 Å². The lowest BCUT2D eigenvalue weighted by Gasteiger charge is -2.34. The van der Waals surface area contributed by atoms with E-state index in [0.29, 0.717) is 30.8 Å². The van der Waals surface area contributed by atoms with Crippen molar-refractivity contribution in [3.05, 3.63) is 66.2 Å². The highest BCUT2D eigenvalue weighted by Crippen LogP contribution is 2.27. The number of carbonyl (C=O) groups is 1. The smallest absolute Gasteiger partial charge is 0.243 e. The number of carbonyl (C=O) groups excluding carboxylic acids is 1. The lowest BCUT2D eigenvalue weighted by atomic mass is 9.95. The summed E-state index contributed by atoms with van der Waals surface area (Å²) >= 11 is 0. The molecule has 144 valence electrons. The SMILES string of the molecule is CC(c1ccccc1)N(C)C(=O)C1CCN(S(=O)(=O)c2ccccc2)CC1. The summed E-state index contributed by atoms with van der Waals surface area (Å²) < 4.78 is 26.9. The van der Waals surface area contributed by atoms with Crippen LogP contribution in [0.4, 0.5) is 0 Å². The Morgan fingerprint density at radius 2 is 1.52 bits per heavy atom. The van der Waals surface area contributed by atoms with Crippen LogP contribution in [0.2, 0.25) is 0 Å². The third-order valence-electron chi connectivity index (χ3n) is 5.39. The molecule has 1 aliphatic heterocycles. The van der Waals surface area contributed by atoms with Crippen molar-refractivity contribution in [1.82, 2.24) is 9.21 Å². The molecule has 1 atom stereocenters. The van der Waals surface area contributed by atoms with Crippen LogP contribution >= 0.6 is 0 Å². The van der Waals surface area contributed by atoms with Gasteiger partial charge in [0.15, 0.2) is 0 Å². The highest BCUT2D eigenvalue weighted by Gasteiger charge is 2.34. The zero-order chi connectivity index (χ0) is 19.4. The summed E-state index contributed by atoms with van der Waals surface area (Å²) in [6.45, 7) is 2.77. The van der Waals surface area contributed by atoms with Crippen LogP contribution in [0.15, 0.2) is 65.6 Å². The predicted molar refractivity (Wildman–Crippen MR) is 106 cm³/mol. The summed E-state index contributed by atoms with van der Waals surface area (Å²) in [6.07, 6.45) is 1.10. The predicted octanol–water partition coefficient (Wildman–Crippen LogP) is 3.31. The summed E-state index contributed by atoms with van der Waals surface area (Å²) in [6, 6.07) is 18.4. The number of piperidine rings is 1. The molecule has 0 aliphatic carbocycles. The Balaban J connectivity index is 1.62. The second kappa shape index (κ2) is 8.23. The highest BCUT2D eigenvalue weighted by molar-refractivity contribution is 7.89. The first kappa shape index (κ1) is 19.6. The van der Waals surface area contributed by atoms with Crippen LogP contribution in [0.1, 0.15) is 31.4 Å². The van der Waals surface area contributed by atoms with Crippen molar-refractivity contribution in [2.75, 3.05) is 20.1 Å². The zero-order valence-electron chi connectivity index (χ0n) is 15.8. The van der Waals surface area contributed by atoms with Crippen LogP contribution in [0.25, 0.3) is 0 Å². The standard InChI is InChI=1S/C21H26N2O3S/c1-17(18-9-5-3-6-10-18)22(2)21(24)19-13-15-23(16-14-19)27(25,26)20-11-7-4-8-12-20/h3-12,17,19H,13-16H2,1-2H3. The number of amides is 1. The Hall–Kier alpha value is -2.18. The number of benzene rings is 2. The van der Waals surface area contributed by atoms with Gasteiger partial charge >= 0.3 is 0 Å². The van der Waals surface area contributed by atoms with E-state index in [1.807, 2.05) is 44.3 Å². The molecule has 5 nitrogen and oxygen atoms in total. The van der Waals surface area contributed by atoms with E-state index in [9.17, 15) is 13.2 Å². The number of hydrogen-bond donors (Lipinski definition) is 0. The van der Waals surface area contributed by atoms with E-state index >= 15 is 0 Å². The molecule has 6 heteroatoms. The zero-order valence-corrected chi connectivity index (χ0v) is 16.6. The third-order valence-corrected chi connectivity index (χ3v) is 7.31. The fourth-order valence-corrected chi connectivity index (χ4v) is 5.01. The van der Waals surface area contributed by atoms with Crippen LogP contribution < -0.4 is 0 Å². The van der Waals surface area contributed by atoms with Gasteiger partial charge in [-0.05, 0) is 37.5 Å². The van der Waals surface area contributed by atoms with Gasteiger partial charge in [-0.1, -0.05) is 48.5 Å². The number of rotatable bonds is 5. The van der Waals surface area contributed by atoms with Crippen molar-refractivity contribution in [3.8, 4) is 0 Å². The van der Waals surface area contributed by atoms with E-state index in [2.05, 4.69) is 0 Å². The molecule has 0 radical (unpaired) electrons. The lowest BCUT2D eigenvalue weighted by molar-refractivity contribution is -0.137. The minimum absolute atomic E-state index is 0.00946. The molecule has 1 amide bonds. The van der Waals surface area contributed by atoms with Crippen LogP contribution in [0.3, 0.4) is 0 Å². The largest absolute Gasteiger partial charge is 0.339 e. The van der Waals surface area contributed by atoms with Gasteiger partial charge in [0.05, 0.1) is 10.9 Å². The van der Waals surface area contributed by atoms with Gasteiger partial charge in [0, 0.05) is 26.1 Å². The maximum atomic E-state index is 12.9. The van der Waals surface area contributed by atoms with E-state index in [-0.39, 0.29) is 17.9 Å². The molecule has 1 unspecified atom stereocenters. The van der Waals surface area contributed by atoms with Crippen molar-refractivity contribution in [2.24, 2.45) is 5.92 Å². The summed E-state index contributed by atoms with van der Waals surface area (Å²) in [7, 11) is -1.66. The average molecular weight is 387 g/mol. The molecular weight excluding hydrogens is 360 g/mol. The molecule has 0 bridgehead atoms. The fraction of sp³-hybridized carbons (Fsp3) is 0.381. The first-order valence-electron chi connectivity index (χ1n) is 9.28. The monoisotopic (exact) mass is 386 g/mol. The van der Waals surface area contributed by atoms with E-state index in [4.69, 9.17) is 0 Å². The molecule has 0 N–H and O–H groups in total. The van der Waals surface area contributed by atoms with Gasteiger partial charge in [0.1, 0.15) is 0 Å². The second-order valence-corrected chi connectivity index (χ2v) is 8.97. The molecule has 0 saturated carbocycles. The Morgan fingerprint density at radius 3 is 2.07 bits per heavy atom. The Kier molecular flexibility index (Phi) is 5.97. The van der Waals surface area contributed by atoms with Gasteiger partial charge in [0.2, 0.25) is 15.9 Å². The van der Waals surface area contributed by atoms with Crippen molar-refractivity contribution in [2.45, 2.75) is 30.7 Å².